The molecule has 2 aromatic rings. The number of fused-ring (bicyclic) bond motifs is 3. The Hall–Kier alpha value is -3.29. The first-order chi connectivity index (χ1) is 14.6. The van der Waals surface area contributed by atoms with Gasteiger partial charge in [0.05, 0.1) is 43.3 Å². The summed E-state index contributed by atoms with van der Waals surface area (Å²) in [6.07, 6.45) is 1.51. The smallest absolute Gasteiger partial charge is 0.416 e. The van der Waals surface area contributed by atoms with Crippen LogP contribution in [0, 0.1) is 11.3 Å². The normalized spacial score (nSPS) is 18.5. The molecule has 0 unspecified atom stereocenters. The van der Waals surface area contributed by atoms with Gasteiger partial charge < -0.3 is 29.8 Å². The summed E-state index contributed by atoms with van der Waals surface area (Å²) >= 11 is 0. The molecule has 10 heteroatoms. The van der Waals surface area contributed by atoms with Crippen LogP contribution in [0.4, 0.5) is 16.3 Å². The van der Waals surface area contributed by atoms with Crippen LogP contribution in [0.1, 0.15) is 6.42 Å². The van der Waals surface area contributed by atoms with Gasteiger partial charge in [0.2, 0.25) is 0 Å². The van der Waals surface area contributed by atoms with Gasteiger partial charge in [0.15, 0.2) is 5.82 Å². The van der Waals surface area contributed by atoms with Crippen molar-refractivity contribution >= 4 is 17.6 Å². The van der Waals surface area contributed by atoms with Crippen LogP contribution >= 0.6 is 0 Å². The van der Waals surface area contributed by atoms with Gasteiger partial charge in [0.25, 0.3) is 0 Å². The quantitative estimate of drug-likeness (QED) is 0.701. The third kappa shape index (κ3) is 3.77. The average molecular weight is 412 g/mol. The Morgan fingerprint density at radius 3 is 3.10 bits per heavy atom. The maximum Gasteiger partial charge on any atom is 0.416 e. The van der Waals surface area contributed by atoms with E-state index >= 15 is 0 Å². The fraction of sp³-hybridized carbons (Fsp3) is 0.450. The molecule has 2 aliphatic heterocycles. The molecule has 0 spiro atoms. The standard InChI is InChI=1S/C20H24N6O4/c1-28-11-14(9-22)23-13-2-3-16-17(8-13)29-7-6-25-10-18(24-19(16)25)26-15(4-5-21)12-30-20(26)27/h2-3,8,10,14-15,23H,4,6-7,9,11-12,22H2,1H3/t14-,15-/m1/s1. The van der Waals surface area contributed by atoms with Crippen LogP contribution in [0.25, 0.3) is 11.4 Å². The molecular weight excluding hydrogens is 388 g/mol. The minimum atomic E-state index is -0.481. The maximum absolute atomic E-state index is 12.2. The number of anilines is 2. The van der Waals surface area contributed by atoms with Gasteiger partial charge in [-0.2, -0.15) is 5.26 Å². The molecule has 4 rings (SSSR count). The summed E-state index contributed by atoms with van der Waals surface area (Å²) in [4.78, 5) is 18.4. The highest BCUT2D eigenvalue weighted by Crippen LogP contribution is 2.36. The van der Waals surface area contributed by atoms with E-state index in [-0.39, 0.29) is 25.1 Å². The highest BCUT2D eigenvalue weighted by atomic mass is 16.6. The van der Waals surface area contributed by atoms with E-state index in [1.54, 1.807) is 13.3 Å². The third-order valence-electron chi connectivity index (χ3n) is 5.13. The predicted octanol–water partition coefficient (Wildman–Crippen LogP) is 1.57. The molecule has 2 atom stereocenters. The Balaban J connectivity index is 1.64. The molecule has 3 N–H and O–H groups in total. The van der Waals surface area contributed by atoms with Gasteiger partial charge in [-0.25, -0.2) is 9.78 Å². The average Bonchev–Trinajstić information content (AvgIpc) is 3.26. The number of cyclic esters (lactones) is 1. The fourth-order valence-corrected chi connectivity index (χ4v) is 3.68. The molecule has 1 amide bonds. The molecule has 10 nitrogen and oxygen atoms in total. The molecule has 0 radical (unpaired) electrons. The van der Waals surface area contributed by atoms with Gasteiger partial charge in [-0.3, -0.25) is 4.90 Å². The monoisotopic (exact) mass is 412 g/mol. The van der Waals surface area contributed by atoms with Crippen LogP contribution < -0.4 is 20.7 Å². The number of nitrogens with two attached hydrogens (primary N) is 1. The molecule has 158 valence electrons. The van der Waals surface area contributed by atoms with Crippen LogP contribution in [0.2, 0.25) is 0 Å². The van der Waals surface area contributed by atoms with E-state index in [1.165, 1.54) is 4.90 Å². The molecular formula is C20H24N6O4. The lowest BCUT2D eigenvalue weighted by Crippen LogP contribution is -2.33. The van der Waals surface area contributed by atoms with E-state index in [0.717, 1.165) is 11.3 Å². The molecule has 30 heavy (non-hydrogen) atoms. The van der Waals surface area contributed by atoms with Crippen molar-refractivity contribution in [2.75, 3.05) is 43.7 Å². The van der Waals surface area contributed by atoms with Crippen LogP contribution in [0.5, 0.6) is 5.75 Å². The Morgan fingerprint density at radius 1 is 1.47 bits per heavy atom. The van der Waals surface area contributed by atoms with Gasteiger partial charge in [-0.05, 0) is 12.1 Å². The number of ether oxygens (including phenoxy) is 3. The van der Waals surface area contributed by atoms with Crippen molar-refractivity contribution in [3.63, 3.8) is 0 Å². The lowest BCUT2D eigenvalue weighted by atomic mass is 10.1. The zero-order valence-corrected chi connectivity index (χ0v) is 16.7. The number of nitrogens with zero attached hydrogens (tertiary/aromatic N) is 4. The third-order valence-corrected chi connectivity index (χ3v) is 5.13. The second-order valence-electron chi connectivity index (χ2n) is 7.17. The number of hydrogen-bond acceptors (Lipinski definition) is 8. The Morgan fingerprint density at radius 2 is 2.33 bits per heavy atom. The predicted molar refractivity (Wildman–Crippen MR) is 109 cm³/mol. The summed E-state index contributed by atoms with van der Waals surface area (Å²) in [5.41, 5.74) is 7.49. The molecule has 0 aliphatic carbocycles. The number of methoxy groups -OCH3 is 1. The highest BCUT2D eigenvalue weighted by molar-refractivity contribution is 5.89. The molecule has 1 saturated heterocycles. The molecule has 3 heterocycles. The maximum atomic E-state index is 12.2. The molecule has 0 saturated carbocycles. The SMILES string of the molecule is COC[C@@H](CN)Nc1ccc2c(c1)OCCn1cc(N3C(=O)OC[C@H]3CC#N)nc1-2. The van der Waals surface area contributed by atoms with Crippen LogP contribution in [-0.4, -0.2) is 61.2 Å². The van der Waals surface area contributed by atoms with E-state index < -0.39 is 6.09 Å². The van der Waals surface area contributed by atoms with Crippen molar-refractivity contribution in [3.8, 4) is 23.2 Å². The van der Waals surface area contributed by atoms with Crippen LogP contribution in [-0.2, 0) is 16.0 Å². The number of rotatable bonds is 7. The highest BCUT2D eigenvalue weighted by Gasteiger charge is 2.36. The topological polar surface area (TPSA) is 128 Å². The molecule has 0 bridgehead atoms. The van der Waals surface area contributed by atoms with E-state index in [9.17, 15) is 4.79 Å². The summed E-state index contributed by atoms with van der Waals surface area (Å²) in [7, 11) is 1.64. The Labute approximate surface area is 174 Å². The van der Waals surface area contributed by atoms with Crippen LogP contribution in [0.15, 0.2) is 24.4 Å². The zero-order valence-electron chi connectivity index (χ0n) is 16.7. The summed E-state index contributed by atoms with van der Waals surface area (Å²) in [6.45, 7) is 2.17. The lowest BCUT2D eigenvalue weighted by Gasteiger charge is -2.18. The summed E-state index contributed by atoms with van der Waals surface area (Å²) in [5.74, 6) is 1.87. The molecule has 1 aromatic carbocycles. The van der Waals surface area contributed by atoms with Gasteiger partial charge in [-0.15, -0.1) is 0 Å². The number of imidazole rings is 1. The number of nitrogens with one attached hydrogen (secondary N) is 1. The van der Waals surface area contributed by atoms with Gasteiger partial charge in [0, 0.05) is 31.6 Å². The number of carbonyl (C=O) groups excluding carboxylic acids is 1. The Kier molecular flexibility index (Phi) is 5.74. The van der Waals surface area contributed by atoms with Crippen molar-refractivity contribution in [2.45, 2.75) is 25.0 Å². The molecule has 1 fully saturated rings. The number of amides is 1. The summed E-state index contributed by atoms with van der Waals surface area (Å²) < 4.78 is 18.2. The minimum Gasteiger partial charge on any atom is -0.491 e. The molecule has 1 aromatic heterocycles. The largest absolute Gasteiger partial charge is 0.491 e. The van der Waals surface area contributed by atoms with Gasteiger partial charge in [-0.1, -0.05) is 0 Å². The lowest BCUT2D eigenvalue weighted by molar-refractivity contribution is 0.179. The number of carbonyl (C=O) groups is 1. The number of benzene rings is 1. The molecule has 2 aliphatic rings. The summed E-state index contributed by atoms with van der Waals surface area (Å²) in [6, 6.07) is 7.54. The second kappa shape index (κ2) is 8.61. The Bertz CT molecular complexity index is 969. The van der Waals surface area contributed by atoms with E-state index in [0.29, 0.717) is 43.7 Å². The number of hydrogen-bond donors (Lipinski definition) is 2. The summed E-state index contributed by atoms with van der Waals surface area (Å²) in [5, 5.41) is 12.4. The fourth-order valence-electron chi connectivity index (χ4n) is 3.68. The van der Waals surface area contributed by atoms with Crippen molar-refractivity contribution < 1.29 is 19.0 Å². The van der Waals surface area contributed by atoms with E-state index in [1.807, 2.05) is 22.8 Å². The van der Waals surface area contributed by atoms with Crippen molar-refractivity contribution in [3.05, 3.63) is 24.4 Å². The first kappa shape index (κ1) is 20.0. The first-order valence-corrected chi connectivity index (χ1v) is 9.77. The zero-order chi connectivity index (χ0) is 21.1. The van der Waals surface area contributed by atoms with Crippen molar-refractivity contribution in [2.24, 2.45) is 5.73 Å². The van der Waals surface area contributed by atoms with Crippen molar-refractivity contribution in [1.29, 1.82) is 5.26 Å². The van der Waals surface area contributed by atoms with Crippen molar-refractivity contribution in [1.82, 2.24) is 9.55 Å². The minimum absolute atomic E-state index is 0.00864. The second-order valence-corrected chi connectivity index (χ2v) is 7.17. The van der Waals surface area contributed by atoms with Gasteiger partial charge >= 0.3 is 6.09 Å². The van der Waals surface area contributed by atoms with E-state index in [4.69, 9.17) is 30.2 Å². The van der Waals surface area contributed by atoms with Crippen LogP contribution in [0.3, 0.4) is 0 Å². The van der Waals surface area contributed by atoms with Gasteiger partial charge in [0.1, 0.15) is 24.8 Å². The van der Waals surface area contributed by atoms with E-state index in [2.05, 4.69) is 11.4 Å². The first-order valence-electron chi connectivity index (χ1n) is 9.77. The number of nitriles is 1. The number of aromatic nitrogens is 2.